The fourth-order valence-electron chi connectivity index (χ4n) is 16.3. The summed E-state index contributed by atoms with van der Waals surface area (Å²) in [5, 5.41) is 13.3. The zero-order chi connectivity index (χ0) is 79.5. The molecule has 7 aliphatic rings. The lowest BCUT2D eigenvalue weighted by atomic mass is 9.79. The summed E-state index contributed by atoms with van der Waals surface area (Å²) in [7, 11) is 6.77. The maximum atomic E-state index is 13.6. The van der Waals surface area contributed by atoms with Crippen molar-refractivity contribution in [2.45, 2.75) is 166 Å². The molecule has 0 unspecified atom stereocenters. The lowest BCUT2D eigenvalue weighted by Gasteiger charge is -2.51. The van der Waals surface area contributed by atoms with Gasteiger partial charge in [-0.3, -0.25) is 39.1 Å². The number of phenols is 1. The van der Waals surface area contributed by atoms with Crippen LogP contribution in [0, 0.1) is 11.3 Å². The number of aromatic hydroxyl groups is 1. The molecule has 0 atom stereocenters. The molecule has 0 radical (unpaired) electrons. The number of alkyl halides is 12. The third-order valence-corrected chi connectivity index (χ3v) is 22.8. The molecule has 1 saturated carbocycles. The molecule has 2 N–H and O–H groups in total. The van der Waals surface area contributed by atoms with Crippen LogP contribution in [0.5, 0.6) is 23.0 Å². The van der Waals surface area contributed by atoms with Crippen LogP contribution in [0.2, 0.25) is 5.02 Å². The number of fused-ring (bicyclic) bond motifs is 6. The van der Waals surface area contributed by atoms with E-state index < -0.39 is 76.6 Å². The van der Waals surface area contributed by atoms with Gasteiger partial charge < -0.3 is 52.5 Å². The van der Waals surface area contributed by atoms with Crippen LogP contribution >= 0.6 is 11.6 Å². The van der Waals surface area contributed by atoms with Gasteiger partial charge in [0.2, 0.25) is 0 Å². The predicted octanol–water partition coefficient (Wildman–Crippen LogP) is 15.0. The fraction of sp³-hybridized carbons (Fsp3) is 0.545. The Hall–Kier alpha value is -8.26. The minimum absolute atomic E-state index is 0. The van der Waals surface area contributed by atoms with Crippen LogP contribution in [-0.2, 0) is 59.9 Å². The Morgan fingerprint density at radius 1 is 0.569 bits per heavy atom. The lowest BCUT2D eigenvalue weighted by molar-refractivity contribution is -0.176. The van der Waals surface area contributed by atoms with Crippen molar-refractivity contribution in [2.24, 2.45) is 11.3 Å². The third kappa shape index (κ3) is 16.9. The molecule has 0 bridgehead atoms. The molecule has 9 heterocycles. The monoisotopic (exact) mass is 1570 g/mol. The van der Waals surface area contributed by atoms with Gasteiger partial charge in [-0.1, -0.05) is 38.4 Å². The van der Waals surface area contributed by atoms with E-state index in [2.05, 4.69) is 33.4 Å². The van der Waals surface area contributed by atoms with E-state index in [9.17, 15) is 81.8 Å². The number of piperidine rings is 3. The maximum Gasteiger partial charge on any atom is 0.456 e. The SMILES string of the molecule is CN1CCn2c(C(=O)C3(C)CC3)ccc2C12CCN(C(=O)c1ccc(O)c(C(F)(F)F)c1)CC2.COc1cc(C(=O)N2CCC3(CC2)NC(C)(C)Cn2c(C(=O)C(F)(F)F)ccc23)ccc1OCCC(C)C.COc1cc(C(=O)N2CCC3(CC2)c2c(Cl)cc(C(F)(F)F)n2CCN3C)ccc1COCC(F)(F)F.[HH]. The molecule has 3 spiro atoms. The first kappa shape index (κ1) is 81.7. The molecule has 596 valence electrons. The van der Waals surface area contributed by atoms with E-state index in [-0.39, 0.29) is 90.4 Å². The number of nitrogens with zero attached hydrogens (tertiary/aromatic N) is 8. The van der Waals surface area contributed by atoms with Gasteiger partial charge in [0.1, 0.15) is 23.8 Å². The molecule has 32 heteroatoms. The van der Waals surface area contributed by atoms with Crippen molar-refractivity contribution in [3.05, 3.63) is 152 Å². The molecular formula is C77H92ClF12N9O10. The normalized spacial score (nSPS) is 19.3. The molecule has 6 aromatic rings. The number of amides is 3. The molecule has 3 aromatic carbocycles. The number of rotatable bonds is 15. The van der Waals surface area contributed by atoms with Gasteiger partial charge in [-0.2, -0.15) is 52.7 Å². The fourth-order valence-corrected chi connectivity index (χ4v) is 16.7. The van der Waals surface area contributed by atoms with E-state index in [1.54, 1.807) is 39.0 Å². The van der Waals surface area contributed by atoms with E-state index in [4.69, 9.17) is 25.8 Å². The zero-order valence-electron chi connectivity index (χ0n) is 62.0. The number of aromatic nitrogens is 3. The van der Waals surface area contributed by atoms with Crippen LogP contribution in [0.15, 0.2) is 84.9 Å². The number of hydrogen-bond acceptors (Lipinski definition) is 13. The summed E-state index contributed by atoms with van der Waals surface area (Å²) in [5.41, 5.74) is -0.900. The van der Waals surface area contributed by atoms with Crippen molar-refractivity contribution in [3.8, 4) is 23.0 Å². The molecule has 3 saturated heterocycles. The minimum atomic E-state index is -4.94. The van der Waals surface area contributed by atoms with Crippen LogP contribution < -0.4 is 19.5 Å². The number of carbonyl (C=O) groups excluding carboxylic acids is 5. The average molecular weight is 1570 g/mol. The van der Waals surface area contributed by atoms with E-state index in [1.807, 2.05) is 51.9 Å². The number of likely N-dealkylation sites (N-methyl/N-ethyl adjacent to an activating group) is 2. The van der Waals surface area contributed by atoms with Gasteiger partial charge in [0.25, 0.3) is 23.5 Å². The molecule has 109 heavy (non-hydrogen) atoms. The van der Waals surface area contributed by atoms with Gasteiger partial charge in [-0.25, -0.2) is 0 Å². The summed E-state index contributed by atoms with van der Waals surface area (Å²) in [4.78, 5) is 74.0. The first-order valence-corrected chi connectivity index (χ1v) is 36.5. The standard InChI is InChI=1S/C28H36F3N3O4.C25H28F3N3O3.C24H26ClF6N3O3.H2/c1-18(2)10-15-38-21-8-6-19(16-22(21)37-5)25(36)33-13-11-27(12-14-33)23-9-7-20(24(35)28(29,30)31)34(23)17-26(3,4)32-27;1-23(7-8-23)21(33)18-4-6-20-24(29(2)13-14-31(18)20)9-11-30(12-10-24)22(34)16-3-5-19(32)17(15-16)25(26,27)28;1-32-9-10-34-19(24(29,30)31)12-17(25)20(34)22(32)5-7-33(8-6-22)21(35)15-3-4-16(18(11-15)36-2)13-37-14-23(26,27)28;/h6-9,16,18,32H,10-15,17H2,1-5H3;3-6,15,32H,7-14H2,1-2H3;3-4,11-12H,5-10,13-14H2,1-2H3;1H. The number of methoxy groups -OCH3 is 2. The Morgan fingerprint density at radius 3 is 1.62 bits per heavy atom. The maximum absolute atomic E-state index is 13.6. The Morgan fingerprint density at radius 2 is 1.08 bits per heavy atom. The number of phenolic OH excluding ortho intramolecular Hbond substituents is 1. The van der Waals surface area contributed by atoms with Gasteiger partial charge in [0.05, 0.1) is 71.7 Å². The highest BCUT2D eigenvalue weighted by Gasteiger charge is 2.54. The van der Waals surface area contributed by atoms with Gasteiger partial charge in [0, 0.05) is 118 Å². The molecule has 4 fully saturated rings. The Balaban J connectivity index is 0.000000175. The molecule has 1 aliphatic carbocycles. The van der Waals surface area contributed by atoms with Crippen molar-refractivity contribution in [1.82, 2.24) is 43.5 Å². The molecule has 3 amide bonds. The quantitative estimate of drug-likeness (QED) is 0.0731. The van der Waals surface area contributed by atoms with Crippen LogP contribution in [0.1, 0.15) is 180 Å². The summed E-state index contributed by atoms with van der Waals surface area (Å²) in [6.07, 6.45) is -12.9. The summed E-state index contributed by atoms with van der Waals surface area (Å²) in [5.74, 6) is -1.68. The van der Waals surface area contributed by atoms with Gasteiger partial charge in [0.15, 0.2) is 17.3 Å². The summed E-state index contributed by atoms with van der Waals surface area (Å²) < 4.78 is 183. The second-order valence-electron chi connectivity index (χ2n) is 30.7. The van der Waals surface area contributed by atoms with Crippen LogP contribution in [0.25, 0.3) is 0 Å². The van der Waals surface area contributed by atoms with Crippen molar-refractivity contribution in [1.29, 1.82) is 0 Å². The summed E-state index contributed by atoms with van der Waals surface area (Å²) in [6, 6.07) is 20.2. The largest absolute Gasteiger partial charge is 0.507 e. The Bertz CT molecular complexity index is 4390. The Kier molecular flexibility index (Phi) is 23.1. The van der Waals surface area contributed by atoms with Crippen LogP contribution in [-0.4, -0.2) is 184 Å². The molecule has 13 rings (SSSR count). The van der Waals surface area contributed by atoms with E-state index in [0.717, 1.165) is 61.9 Å². The molecular weight excluding hydrogens is 1470 g/mol. The molecule has 3 aromatic heterocycles. The number of hydrogen-bond donors (Lipinski definition) is 2. The third-order valence-electron chi connectivity index (χ3n) is 22.5. The van der Waals surface area contributed by atoms with Gasteiger partial charge >= 0.3 is 24.7 Å². The van der Waals surface area contributed by atoms with Crippen molar-refractivity contribution in [2.75, 3.05) is 93.9 Å². The van der Waals surface area contributed by atoms with Gasteiger partial charge in [-0.05, 0) is 171 Å². The second kappa shape index (κ2) is 30.8. The molecule has 6 aliphatic heterocycles. The number of likely N-dealkylation sites (tertiary alicyclic amines) is 3. The van der Waals surface area contributed by atoms with Crippen LogP contribution in [0.4, 0.5) is 52.7 Å². The van der Waals surface area contributed by atoms with Crippen molar-refractivity contribution < 1.29 is 102 Å². The topological polar surface area (TPSA) is 186 Å². The predicted molar refractivity (Wildman–Crippen MR) is 380 cm³/mol. The van der Waals surface area contributed by atoms with Crippen LogP contribution in [0.3, 0.4) is 0 Å². The van der Waals surface area contributed by atoms with E-state index >= 15 is 0 Å². The lowest BCUT2D eigenvalue weighted by Crippen LogP contribution is -2.63. The highest BCUT2D eigenvalue weighted by atomic mass is 35.5. The van der Waals surface area contributed by atoms with E-state index in [0.29, 0.717) is 118 Å². The second-order valence-corrected chi connectivity index (χ2v) is 31.1. The van der Waals surface area contributed by atoms with Crippen molar-refractivity contribution in [3.63, 3.8) is 0 Å². The highest BCUT2D eigenvalue weighted by Crippen LogP contribution is 2.51. The minimum Gasteiger partial charge on any atom is -0.507 e. The first-order chi connectivity index (χ1) is 51.0. The number of nitrogens with one attached hydrogen (secondary N) is 1. The van der Waals surface area contributed by atoms with E-state index in [1.165, 1.54) is 53.7 Å². The Labute approximate surface area is 629 Å². The summed E-state index contributed by atoms with van der Waals surface area (Å²) in [6.45, 7) is 13.3. The zero-order valence-corrected chi connectivity index (χ0v) is 62.8. The number of carbonyl (C=O) groups is 5. The number of benzene rings is 3. The first-order valence-electron chi connectivity index (χ1n) is 36.1. The summed E-state index contributed by atoms with van der Waals surface area (Å²) >= 11 is 6.35. The number of ketones is 2. The number of halogens is 13. The van der Waals surface area contributed by atoms with Crippen molar-refractivity contribution >= 4 is 40.9 Å². The smallest absolute Gasteiger partial charge is 0.456 e. The molecule has 19 nitrogen and oxygen atoms in total. The number of ether oxygens (including phenoxy) is 4. The number of Topliss-reactive ketones (excluding diaryl/α,β-unsaturated/α-hetero) is 2. The average Bonchev–Trinajstić information content (AvgIpc) is 1.53. The highest BCUT2D eigenvalue weighted by molar-refractivity contribution is 6.31. The van der Waals surface area contributed by atoms with Gasteiger partial charge in [-0.15, -0.1) is 0 Å².